The number of likely N-dealkylation sites (N-methyl/N-ethyl adjacent to an activating group) is 1. The number of carboxylic acids is 1. The van der Waals surface area contributed by atoms with Gasteiger partial charge in [-0.05, 0) is 18.4 Å². The number of likely N-dealkylation sites (tertiary alicyclic amines) is 1. The summed E-state index contributed by atoms with van der Waals surface area (Å²) in [5.74, 6) is -1.07. The fourth-order valence-corrected chi connectivity index (χ4v) is 3.33. The predicted molar refractivity (Wildman–Crippen MR) is 79.4 cm³/mol. The molecule has 2 heterocycles. The lowest BCUT2D eigenvalue weighted by Crippen LogP contribution is -2.49. The smallest absolute Gasteiger partial charge is 0.326 e. The van der Waals surface area contributed by atoms with E-state index >= 15 is 0 Å². The van der Waals surface area contributed by atoms with E-state index in [0.29, 0.717) is 0 Å². The van der Waals surface area contributed by atoms with Crippen LogP contribution in [0, 0.1) is 0 Å². The molecule has 0 saturated carbocycles. The molecule has 6 nitrogen and oxygen atoms in total. The Balaban J connectivity index is 2.02. The van der Waals surface area contributed by atoms with Gasteiger partial charge in [0.05, 0.1) is 6.10 Å². The molecule has 1 aliphatic heterocycles. The van der Waals surface area contributed by atoms with Crippen LogP contribution in [0.5, 0.6) is 0 Å². The van der Waals surface area contributed by atoms with E-state index in [9.17, 15) is 14.7 Å². The molecule has 0 radical (unpaired) electrons. The first-order valence-corrected chi connectivity index (χ1v) is 7.74. The maximum absolute atomic E-state index is 12.5. The van der Waals surface area contributed by atoms with Gasteiger partial charge in [0.25, 0.3) is 0 Å². The van der Waals surface area contributed by atoms with Crippen LogP contribution in [-0.2, 0) is 11.2 Å². The first kappa shape index (κ1) is 15.8. The zero-order valence-corrected chi connectivity index (χ0v) is 12.9. The first-order chi connectivity index (χ1) is 9.90. The lowest BCUT2D eigenvalue weighted by Gasteiger charge is -2.31. The standard InChI is InChI=1S/C14H20N2O4S/c1-9(6-11-4-3-5-21-11)15(2)14(20)16-8-10(17)7-12(16)13(18)19/h3-5,9-10,12,17H,6-8H2,1-2H3,(H,18,19)/t9?,10-,12-/m1/s1. The SMILES string of the molecule is CC(Cc1cccs1)N(C)C(=O)N1C[C@H](O)C[C@@H]1C(=O)O. The Kier molecular flexibility index (Phi) is 4.84. The number of carbonyl (C=O) groups excluding carboxylic acids is 1. The van der Waals surface area contributed by atoms with Crippen LogP contribution in [0.1, 0.15) is 18.2 Å². The predicted octanol–water partition coefficient (Wildman–Crippen LogP) is 1.25. The normalized spacial score (nSPS) is 23.1. The highest BCUT2D eigenvalue weighted by atomic mass is 32.1. The second kappa shape index (κ2) is 6.44. The van der Waals surface area contributed by atoms with E-state index in [-0.39, 0.29) is 25.0 Å². The Hall–Kier alpha value is -1.60. The van der Waals surface area contributed by atoms with E-state index in [2.05, 4.69) is 0 Å². The minimum atomic E-state index is -1.07. The summed E-state index contributed by atoms with van der Waals surface area (Å²) in [7, 11) is 1.67. The summed E-state index contributed by atoms with van der Waals surface area (Å²) in [5, 5.41) is 20.8. The number of hydrogen-bond acceptors (Lipinski definition) is 4. The number of carbonyl (C=O) groups is 2. The van der Waals surface area contributed by atoms with E-state index in [0.717, 1.165) is 6.42 Å². The van der Waals surface area contributed by atoms with Gasteiger partial charge >= 0.3 is 12.0 Å². The number of aliphatic hydroxyl groups is 1. The maximum atomic E-state index is 12.5. The molecule has 0 aliphatic carbocycles. The van der Waals surface area contributed by atoms with Crippen molar-refractivity contribution in [2.45, 2.75) is 38.0 Å². The van der Waals surface area contributed by atoms with Crippen molar-refractivity contribution in [2.75, 3.05) is 13.6 Å². The Morgan fingerprint density at radius 3 is 2.86 bits per heavy atom. The van der Waals surface area contributed by atoms with Crippen LogP contribution in [0.25, 0.3) is 0 Å². The Morgan fingerprint density at radius 1 is 1.57 bits per heavy atom. The lowest BCUT2D eigenvalue weighted by atomic mass is 10.2. The summed E-state index contributed by atoms with van der Waals surface area (Å²) < 4.78 is 0. The average Bonchev–Trinajstić information content (AvgIpc) is 3.06. The highest BCUT2D eigenvalue weighted by Gasteiger charge is 2.40. The number of aliphatic hydroxyl groups excluding tert-OH is 1. The van der Waals surface area contributed by atoms with Gasteiger partial charge in [-0.15, -0.1) is 11.3 Å². The average molecular weight is 312 g/mol. The number of β-amino-alcohol motifs (C(OH)–C–C–N with tert-alkyl or cyclic N) is 1. The molecule has 2 amide bonds. The van der Waals surface area contributed by atoms with Crippen molar-refractivity contribution in [3.63, 3.8) is 0 Å². The Bertz CT molecular complexity index is 505. The molecule has 116 valence electrons. The van der Waals surface area contributed by atoms with Gasteiger partial charge in [-0.25, -0.2) is 9.59 Å². The van der Waals surface area contributed by atoms with Crippen LogP contribution in [-0.4, -0.2) is 63.8 Å². The van der Waals surface area contributed by atoms with Crippen molar-refractivity contribution in [2.24, 2.45) is 0 Å². The van der Waals surface area contributed by atoms with Gasteiger partial charge in [-0.1, -0.05) is 6.07 Å². The molecular weight excluding hydrogens is 292 g/mol. The van der Waals surface area contributed by atoms with Gasteiger partial charge in [0.1, 0.15) is 6.04 Å². The number of amides is 2. The molecule has 0 bridgehead atoms. The van der Waals surface area contributed by atoms with E-state index in [1.54, 1.807) is 23.3 Å². The van der Waals surface area contributed by atoms with Gasteiger partial charge in [0.15, 0.2) is 0 Å². The third kappa shape index (κ3) is 3.54. The van der Waals surface area contributed by atoms with E-state index in [4.69, 9.17) is 5.11 Å². The first-order valence-electron chi connectivity index (χ1n) is 6.86. The molecule has 2 rings (SSSR count). The number of hydrogen-bond donors (Lipinski definition) is 2. The summed E-state index contributed by atoms with van der Waals surface area (Å²) in [6, 6.07) is 2.65. The van der Waals surface area contributed by atoms with Crippen molar-refractivity contribution in [3.8, 4) is 0 Å². The molecule has 3 atom stereocenters. The maximum Gasteiger partial charge on any atom is 0.326 e. The number of nitrogens with zero attached hydrogens (tertiary/aromatic N) is 2. The van der Waals surface area contributed by atoms with Gasteiger partial charge in [0, 0.05) is 37.4 Å². The summed E-state index contributed by atoms with van der Waals surface area (Å²) in [4.78, 5) is 27.6. The van der Waals surface area contributed by atoms with Crippen molar-refractivity contribution in [1.82, 2.24) is 9.80 Å². The van der Waals surface area contributed by atoms with Crippen LogP contribution in [0.4, 0.5) is 4.79 Å². The molecule has 0 spiro atoms. The van der Waals surface area contributed by atoms with Crippen molar-refractivity contribution >= 4 is 23.3 Å². The van der Waals surface area contributed by atoms with Gasteiger partial charge in [0.2, 0.25) is 0 Å². The van der Waals surface area contributed by atoms with Crippen LogP contribution in [0.3, 0.4) is 0 Å². The molecular formula is C14H20N2O4S. The molecule has 7 heteroatoms. The Morgan fingerprint density at radius 2 is 2.29 bits per heavy atom. The fourth-order valence-electron chi connectivity index (χ4n) is 2.51. The summed E-state index contributed by atoms with van der Waals surface area (Å²) in [6.07, 6.45) is 0.0541. The number of rotatable bonds is 4. The number of urea groups is 1. The molecule has 2 N–H and O–H groups in total. The van der Waals surface area contributed by atoms with Gasteiger partial charge in [-0.2, -0.15) is 0 Å². The largest absolute Gasteiger partial charge is 0.480 e. The molecule has 1 unspecified atom stereocenters. The second-order valence-electron chi connectivity index (χ2n) is 5.42. The number of aliphatic carboxylic acids is 1. The van der Waals surface area contributed by atoms with Crippen LogP contribution < -0.4 is 0 Å². The van der Waals surface area contributed by atoms with Crippen LogP contribution in [0.15, 0.2) is 17.5 Å². The fraction of sp³-hybridized carbons (Fsp3) is 0.571. The summed E-state index contributed by atoms with van der Waals surface area (Å²) in [6.45, 7) is 2.01. The number of thiophene rings is 1. The molecule has 1 saturated heterocycles. The quantitative estimate of drug-likeness (QED) is 0.877. The second-order valence-corrected chi connectivity index (χ2v) is 6.45. The highest BCUT2D eigenvalue weighted by Crippen LogP contribution is 2.21. The number of carboxylic acid groups (broad SMARTS) is 1. The van der Waals surface area contributed by atoms with E-state index in [1.807, 2.05) is 24.4 Å². The highest BCUT2D eigenvalue weighted by molar-refractivity contribution is 7.09. The Labute approximate surface area is 127 Å². The minimum Gasteiger partial charge on any atom is -0.480 e. The summed E-state index contributed by atoms with van der Waals surface area (Å²) >= 11 is 1.63. The van der Waals surface area contributed by atoms with E-state index in [1.165, 1.54) is 9.78 Å². The monoisotopic (exact) mass is 312 g/mol. The minimum absolute atomic E-state index is 0.0386. The molecule has 1 fully saturated rings. The lowest BCUT2D eigenvalue weighted by molar-refractivity contribution is -0.141. The van der Waals surface area contributed by atoms with Crippen LogP contribution >= 0.6 is 11.3 Å². The van der Waals surface area contributed by atoms with Crippen molar-refractivity contribution < 1.29 is 19.8 Å². The van der Waals surface area contributed by atoms with Gasteiger partial charge < -0.3 is 20.0 Å². The van der Waals surface area contributed by atoms with Crippen molar-refractivity contribution in [1.29, 1.82) is 0 Å². The zero-order valence-electron chi connectivity index (χ0n) is 12.1. The van der Waals surface area contributed by atoms with Gasteiger partial charge in [-0.3, -0.25) is 0 Å². The topological polar surface area (TPSA) is 81.1 Å². The third-order valence-electron chi connectivity index (χ3n) is 3.85. The molecule has 1 aromatic rings. The van der Waals surface area contributed by atoms with E-state index < -0.39 is 18.1 Å². The molecule has 1 aromatic heterocycles. The molecule has 21 heavy (non-hydrogen) atoms. The summed E-state index contributed by atoms with van der Waals surface area (Å²) in [5.41, 5.74) is 0. The molecule has 0 aromatic carbocycles. The third-order valence-corrected chi connectivity index (χ3v) is 4.75. The zero-order chi connectivity index (χ0) is 15.6. The molecule has 1 aliphatic rings. The van der Waals surface area contributed by atoms with Crippen molar-refractivity contribution in [3.05, 3.63) is 22.4 Å². The van der Waals surface area contributed by atoms with Crippen LogP contribution in [0.2, 0.25) is 0 Å².